The second-order valence-corrected chi connectivity index (χ2v) is 4.57. The monoisotopic (exact) mass is 265 g/mol. The number of hydrogen-bond acceptors (Lipinski definition) is 4. The summed E-state index contributed by atoms with van der Waals surface area (Å²) < 4.78 is 5.93. The van der Waals surface area contributed by atoms with E-state index in [1.54, 1.807) is 6.20 Å². The molecule has 0 amide bonds. The molecule has 0 unspecified atom stereocenters. The third-order valence-corrected chi connectivity index (χ3v) is 3.05. The third kappa shape index (κ3) is 2.46. The number of pyridine rings is 2. The predicted octanol–water partition coefficient (Wildman–Crippen LogP) is 3.19. The van der Waals surface area contributed by atoms with E-state index in [0.717, 1.165) is 28.0 Å². The van der Waals surface area contributed by atoms with E-state index in [1.807, 2.05) is 49.4 Å². The normalized spacial score (nSPS) is 10.7. The third-order valence-electron chi connectivity index (χ3n) is 3.05. The van der Waals surface area contributed by atoms with Crippen LogP contribution in [-0.2, 0) is 6.54 Å². The van der Waals surface area contributed by atoms with Crippen LogP contribution < -0.4 is 10.5 Å². The maximum atomic E-state index is 5.93. The Morgan fingerprint density at radius 3 is 2.75 bits per heavy atom. The second kappa shape index (κ2) is 5.27. The van der Waals surface area contributed by atoms with E-state index in [1.165, 1.54) is 0 Å². The summed E-state index contributed by atoms with van der Waals surface area (Å²) in [6.45, 7) is 2.32. The first-order valence-electron chi connectivity index (χ1n) is 6.45. The molecule has 2 N–H and O–H groups in total. The second-order valence-electron chi connectivity index (χ2n) is 4.57. The standard InChI is InChI=1S/C16H15N3O/c1-11-6-7-13(10-18-11)20-16-8-12(9-17)19-15-5-3-2-4-14(15)16/h2-8,10H,9,17H2,1H3. The fourth-order valence-corrected chi connectivity index (χ4v) is 2.03. The van der Waals surface area contributed by atoms with E-state index in [2.05, 4.69) is 9.97 Å². The van der Waals surface area contributed by atoms with Gasteiger partial charge in [-0.25, -0.2) is 0 Å². The van der Waals surface area contributed by atoms with E-state index in [-0.39, 0.29) is 0 Å². The molecule has 4 nitrogen and oxygen atoms in total. The number of nitrogens with zero attached hydrogens (tertiary/aromatic N) is 2. The van der Waals surface area contributed by atoms with Gasteiger partial charge in [-0.3, -0.25) is 9.97 Å². The molecular weight excluding hydrogens is 250 g/mol. The lowest BCUT2D eigenvalue weighted by Crippen LogP contribution is -2.00. The van der Waals surface area contributed by atoms with Crippen molar-refractivity contribution in [1.29, 1.82) is 0 Å². The smallest absolute Gasteiger partial charge is 0.145 e. The van der Waals surface area contributed by atoms with Gasteiger partial charge < -0.3 is 10.5 Å². The van der Waals surface area contributed by atoms with Crippen LogP contribution in [0.3, 0.4) is 0 Å². The SMILES string of the molecule is Cc1ccc(Oc2cc(CN)nc3ccccc23)cn1. The van der Waals surface area contributed by atoms with Gasteiger partial charge in [0.15, 0.2) is 0 Å². The van der Waals surface area contributed by atoms with Crippen molar-refractivity contribution in [1.82, 2.24) is 9.97 Å². The molecule has 2 aromatic heterocycles. The quantitative estimate of drug-likeness (QED) is 0.790. The molecule has 0 saturated heterocycles. The molecule has 0 spiro atoms. The fraction of sp³-hybridized carbons (Fsp3) is 0.125. The van der Waals surface area contributed by atoms with Crippen LogP contribution in [0.25, 0.3) is 10.9 Å². The molecule has 0 atom stereocenters. The molecule has 0 bridgehead atoms. The maximum Gasteiger partial charge on any atom is 0.145 e. The lowest BCUT2D eigenvalue weighted by Gasteiger charge is -2.10. The molecule has 0 radical (unpaired) electrons. The van der Waals surface area contributed by atoms with Gasteiger partial charge in [0, 0.05) is 23.7 Å². The molecule has 0 aliphatic carbocycles. The number of fused-ring (bicyclic) bond motifs is 1. The summed E-state index contributed by atoms with van der Waals surface area (Å²) >= 11 is 0. The Kier molecular flexibility index (Phi) is 3.31. The van der Waals surface area contributed by atoms with Crippen molar-refractivity contribution in [2.45, 2.75) is 13.5 Å². The van der Waals surface area contributed by atoms with Crippen molar-refractivity contribution >= 4 is 10.9 Å². The van der Waals surface area contributed by atoms with E-state index in [9.17, 15) is 0 Å². The van der Waals surface area contributed by atoms with Crippen LogP contribution in [0.2, 0.25) is 0 Å². The van der Waals surface area contributed by atoms with E-state index < -0.39 is 0 Å². The lowest BCUT2D eigenvalue weighted by molar-refractivity contribution is 0.484. The first-order valence-corrected chi connectivity index (χ1v) is 6.45. The number of para-hydroxylation sites is 1. The molecule has 100 valence electrons. The van der Waals surface area contributed by atoms with Crippen molar-refractivity contribution in [2.75, 3.05) is 0 Å². The van der Waals surface area contributed by atoms with Gasteiger partial charge >= 0.3 is 0 Å². The Morgan fingerprint density at radius 2 is 2.00 bits per heavy atom. The van der Waals surface area contributed by atoms with Gasteiger partial charge in [0.25, 0.3) is 0 Å². The number of benzene rings is 1. The number of hydrogen-bond donors (Lipinski definition) is 1. The highest BCUT2D eigenvalue weighted by atomic mass is 16.5. The predicted molar refractivity (Wildman–Crippen MR) is 78.7 cm³/mol. The van der Waals surface area contributed by atoms with E-state index in [4.69, 9.17) is 10.5 Å². The number of aryl methyl sites for hydroxylation is 1. The maximum absolute atomic E-state index is 5.93. The molecule has 0 fully saturated rings. The molecular formula is C16H15N3O. The van der Waals surface area contributed by atoms with Crippen LogP contribution in [-0.4, -0.2) is 9.97 Å². The van der Waals surface area contributed by atoms with Crippen molar-refractivity contribution < 1.29 is 4.74 Å². The highest BCUT2D eigenvalue weighted by Crippen LogP contribution is 2.29. The number of ether oxygens (including phenoxy) is 1. The minimum absolute atomic E-state index is 0.382. The molecule has 20 heavy (non-hydrogen) atoms. The highest BCUT2D eigenvalue weighted by molar-refractivity contribution is 5.85. The van der Waals surface area contributed by atoms with Crippen molar-refractivity contribution in [3.05, 3.63) is 60.0 Å². The fourth-order valence-electron chi connectivity index (χ4n) is 2.03. The highest BCUT2D eigenvalue weighted by Gasteiger charge is 2.07. The van der Waals surface area contributed by atoms with Gasteiger partial charge in [-0.1, -0.05) is 12.1 Å². The summed E-state index contributed by atoms with van der Waals surface area (Å²) in [4.78, 5) is 8.72. The van der Waals surface area contributed by atoms with Crippen LogP contribution in [0.1, 0.15) is 11.4 Å². The van der Waals surface area contributed by atoms with Gasteiger partial charge in [-0.05, 0) is 31.2 Å². The van der Waals surface area contributed by atoms with Crippen LogP contribution in [0.15, 0.2) is 48.7 Å². The summed E-state index contributed by atoms with van der Waals surface area (Å²) in [6.07, 6.45) is 1.71. The minimum Gasteiger partial charge on any atom is -0.455 e. The zero-order valence-corrected chi connectivity index (χ0v) is 11.2. The first kappa shape index (κ1) is 12.6. The first-order chi connectivity index (χ1) is 9.76. The number of aromatic nitrogens is 2. The van der Waals surface area contributed by atoms with Crippen LogP contribution >= 0.6 is 0 Å². The molecule has 0 saturated carbocycles. The minimum atomic E-state index is 0.382. The Balaban J connectivity index is 2.07. The van der Waals surface area contributed by atoms with Gasteiger partial charge in [0.1, 0.15) is 11.5 Å². The van der Waals surface area contributed by atoms with Crippen LogP contribution in [0.5, 0.6) is 11.5 Å². The van der Waals surface area contributed by atoms with Gasteiger partial charge in [0.05, 0.1) is 17.4 Å². The molecule has 1 aromatic carbocycles. The molecule has 2 heterocycles. The summed E-state index contributed by atoms with van der Waals surface area (Å²) in [7, 11) is 0. The Labute approximate surface area is 117 Å². The molecule has 4 heteroatoms. The molecule has 3 aromatic rings. The zero-order valence-electron chi connectivity index (χ0n) is 11.2. The van der Waals surface area contributed by atoms with Gasteiger partial charge in [0.2, 0.25) is 0 Å². The molecule has 3 rings (SSSR count). The van der Waals surface area contributed by atoms with Gasteiger partial charge in [-0.15, -0.1) is 0 Å². The Morgan fingerprint density at radius 1 is 1.15 bits per heavy atom. The Hall–Kier alpha value is -2.46. The summed E-state index contributed by atoms with van der Waals surface area (Å²) in [5.41, 5.74) is 8.34. The van der Waals surface area contributed by atoms with Crippen LogP contribution in [0.4, 0.5) is 0 Å². The summed E-state index contributed by atoms with van der Waals surface area (Å²) in [5.74, 6) is 1.46. The average molecular weight is 265 g/mol. The zero-order chi connectivity index (χ0) is 13.9. The average Bonchev–Trinajstić information content (AvgIpc) is 2.49. The molecule has 0 aliphatic heterocycles. The van der Waals surface area contributed by atoms with Crippen molar-refractivity contribution in [3.8, 4) is 11.5 Å². The molecule has 0 aliphatic rings. The van der Waals surface area contributed by atoms with E-state index >= 15 is 0 Å². The number of nitrogens with two attached hydrogens (primary N) is 1. The van der Waals surface area contributed by atoms with E-state index in [0.29, 0.717) is 12.3 Å². The Bertz CT molecular complexity index is 738. The summed E-state index contributed by atoms with van der Waals surface area (Å²) in [5, 5.41) is 0.963. The number of rotatable bonds is 3. The largest absolute Gasteiger partial charge is 0.455 e. The van der Waals surface area contributed by atoms with Crippen LogP contribution in [0, 0.1) is 6.92 Å². The van der Waals surface area contributed by atoms with Crippen molar-refractivity contribution in [3.63, 3.8) is 0 Å². The lowest BCUT2D eigenvalue weighted by atomic mass is 10.2. The summed E-state index contributed by atoms with van der Waals surface area (Å²) in [6, 6.07) is 13.6. The van der Waals surface area contributed by atoms with Crippen molar-refractivity contribution in [2.24, 2.45) is 5.73 Å². The topological polar surface area (TPSA) is 61.0 Å². The van der Waals surface area contributed by atoms with Gasteiger partial charge in [-0.2, -0.15) is 0 Å².